The van der Waals surface area contributed by atoms with E-state index in [0.29, 0.717) is 11.3 Å². The van der Waals surface area contributed by atoms with Crippen molar-refractivity contribution in [2.24, 2.45) is 5.92 Å². The Labute approximate surface area is 112 Å². The molecule has 2 N–H and O–H groups in total. The molecule has 1 aliphatic heterocycles. The molecule has 19 heavy (non-hydrogen) atoms. The predicted molar refractivity (Wildman–Crippen MR) is 72.0 cm³/mol. The molecule has 1 fully saturated rings. The molecule has 5 nitrogen and oxygen atoms in total. The fourth-order valence-electron chi connectivity index (χ4n) is 1.69. The van der Waals surface area contributed by atoms with Crippen LogP contribution in [0.15, 0.2) is 24.3 Å². The lowest BCUT2D eigenvalue weighted by molar-refractivity contribution is -0.121. The van der Waals surface area contributed by atoms with Gasteiger partial charge < -0.3 is 15.4 Å². The fraction of sp³-hybridized carbons (Fsp3) is 0.429. The Bertz CT molecular complexity index is 464. The summed E-state index contributed by atoms with van der Waals surface area (Å²) in [6, 6.07) is 6.72. The molecule has 0 spiro atoms. The minimum absolute atomic E-state index is 0.0104. The molecule has 0 atom stereocenters. The number of hydrogen-bond acceptors (Lipinski definition) is 4. The van der Waals surface area contributed by atoms with Crippen LogP contribution in [-0.2, 0) is 9.53 Å². The molecule has 0 radical (unpaired) electrons. The molecule has 0 unspecified atom stereocenters. The van der Waals surface area contributed by atoms with Crippen LogP contribution >= 0.6 is 0 Å². The van der Waals surface area contributed by atoms with Gasteiger partial charge >= 0.3 is 5.97 Å². The lowest BCUT2D eigenvalue weighted by Crippen LogP contribution is -2.48. The summed E-state index contributed by atoms with van der Waals surface area (Å²) >= 11 is 0. The van der Waals surface area contributed by atoms with Gasteiger partial charge in [-0.25, -0.2) is 4.79 Å². The zero-order valence-corrected chi connectivity index (χ0v) is 11.1. The second-order valence-corrected chi connectivity index (χ2v) is 4.88. The molecule has 102 valence electrons. The van der Waals surface area contributed by atoms with Gasteiger partial charge in [0.25, 0.3) is 0 Å². The topological polar surface area (TPSA) is 67.4 Å². The van der Waals surface area contributed by atoms with Crippen LogP contribution in [0.4, 0.5) is 5.69 Å². The quantitative estimate of drug-likeness (QED) is 0.805. The van der Waals surface area contributed by atoms with Crippen molar-refractivity contribution >= 4 is 17.6 Å². The van der Waals surface area contributed by atoms with Crippen LogP contribution in [-0.4, -0.2) is 31.1 Å². The Morgan fingerprint density at radius 1 is 1.26 bits per heavy atom. The van der Waals surface area contributed by atoms with Gasteiger partial charge in [-0.15, -0.1) is 0 Å². The van der Waals surface area contributed by atoms with Crippen molar-refractivity contribution in [2.45, 2.75) is 20.0 Å². The van der Waals surface area contributed by atoms with E-state index >= 15 is 0 Å². The molecule has 5 heteroatoms. The van der Waals surface area contributed by atoms with Crippen LogP contribution in [0.5, 0.6) is 0 Å². The van der Waals surface area contributed by atoms with Gasteiger partial charge in [0, 0.05) is 18.8 Å². The standard InChI is InChI=1S/C14H18N2O3/c1-9(2)19-14(18)10-3-5-12(6-4-10)16-13(17)11-7-15-8-11/h3-6,9,11,15H,7-8H2,1-2H3,(H,16,17). The molecule has 0 saturated carbocycles. The summed E-state index contributed by atoms with van der Waals surface area (Å²) in [5.74, 6) is -0.294. The molecule has 0 bridgehead atoms. The molecule has 1 heterocycles. The van der Waals surface area contributed by atoms with Crippen LogP contribution in [0.3, 0.4) is 0 Å². The SMILES string of the molecule is CC(C)OC(=O)c1ccc(NC(=O)C2CNC2)cc1. The van der Waals surface area contributed by atoms with Gasteiger partial charge in [0.15, 0.2) is 0 Å². The van der Waals surface area contributed by atoms with Gasteiger partial charge in [0.1, 0.15) is 0 Å². The summed E-state index contributed by atoms with van der Waals surface area (Å²) < 4.78 is 5.09. The largest absolute Gasteiger partial charge is 0.459 e. The highest BCUT2D eigenvalue weighted by Gasteiger charge is 2.24. The summed E-state index contributed by atoms with van der Waals surface area (Å²) in [5, 5.41) is 5.87. The first-order valence-corrected chi connectivity index (χ1v) is 6.39. The molecule has 1 saturated heterocycles. The highest BCUT2D eigenvalue weighted by molar-refractivity contribution is 5.94. The van der Waals surface area contributed by atoms with Gasteiger partial charge in [-0.2, -0.15) is 0 Å². The van der Waals surface area contributed by atoms with Crippen LogP contribution in [0.2, 0.25) is 0 Å². The molecule has 2 rings (SSSR count). The van der Waals surface area contributed by atoms with E-state index in [1.54, 1.807) is 38.1 Å². The number of benzene rings is 1. The Kier molecular flexibility index (Phi) is 4.16. The monoisotopic (exact) mass is 262 g/mol. The van der Waals surface area contributed by atoms with Crippen LogP contribution < -0.4 is 10.6 Å². The van der Waals surface area contributed by atoms with Gasteiger partial charge in [-0.1, -0.05) is 0 Å². The third kappa shape index (κ3) is 3.54. The maximum Gasteiger partial charge on any atom is 0.338 e. The maximum absolute atomic E-state index is 11.7. The first kappa shape index (κ1) is 13.5. The number of nitrogens with one attached hydrogen (secondary N) is 2. The minimum Gasteiger partial charge on any atom is -0.459 e. The Morgan fingerprint density at radius 3 is 2.37 bits per heavy atom. The molecule has 1 aromatic carbocycles. The average molecular weight is 262 g/mol. The van der Waals surface area contributed by atoms with Gasteiger partial charge in [0.2, 0.25) is 5.91 Å². The van der Waals surface area contributed by atoms with E-state index in [1.165, 1.54) is 0 Å². The van der Waals surface area contributed by atoms with Crippen molar-refractivity contribution in [1.82, 2.24) is 5.32 Å². The van der Waals surface area contributed by atoms with Crippen molar-refractivity contribution in [3.05, 3.63) is 29.8 Å². The second-order valence-electron chi connectivity index (χ2n) is 4.88. The van der Waals surface area contributed by atoms with Crippen molar-refractivity contribution < 1.29 is 14.3 Å². The third-order valence-corrected chi connectivity index (χ3v) is 2.88. The number of esters is 1. The van der Waals surface area contributed by atoms with E-state index in [9.17, 15) is 9.59 Å². The Balaban J connectivity index is 1.94. The first-order chi connectivity index (χ1) is 9.06. The van der Waals surface area contributed by atoms with Crippen LogP contribution in [0, 0.1) is 5.92 Å². The fourth-order valence-corrected chi connectivity index (χ4v) is 1.69. The van der Waals surface area contributed by atoms with E-state index < -0.39 is 0 Å². The number of amides is 1. The number of ether oxygens (including phenoxy) is 1. The number of hydrogen-bond donors (Lipinski definition) is 2. The molecule has 0 aromatic heterocycles. The second kappa shape index (κ2) is 5.84. The maximum atomic E-state index is 11.7. The van der Waals surface area contributed by atoms with Crippen molar-refractivity contribution in [3.8, 4) is 0 Å². The molecule has 1 aromatic rings. The minimum atomic E-state index is -0.351. The summed E-state index contributed by atoms with van der Waals surface area (Å²) in [7, 11) is 0. The van der Waals surface area contributed by atoms with Crippen LogP contribution in [0.1, 0.15) is 24.2 Å². The molecule has 0 aliphatic carbocycles. The summed E-state index contributed by atoms with van der Waals surface area (Å²) in [5.41, 5.74) is 1.18. The van der Waals surface area contributed by atoms with E-state index in [4.69, 9.17) is 4.74 Å². The molecular formula is C14H18N2O3. The van der Waals surface area contributed by atoms with E-state index in [0.717, 1.165) is 13.1 Å². The number of anilines is 1. The van der Waals surface area contributed by atoms with E-state index in [2.05, 4.69) is 10.6 Å². The van der Waals surface area contributed by atoms with E-state index in [1.807, 2.05) is 0 Å². The molecule has 1 amide bonds. The molecule has 1 aliphatic rings. The molecular weight excluding hydrogens is 244 g/mol. The van der Waals surface area contributed by atoms with Crippen molar-refractivity contribution in [1.29, 1.82) is 0 Å². The van der Waals surface area contributed by atoms with Gasteiger partial charge in [-0.3, -0.25) is 4.79 Å². The summed E-state index contributed by atoms with van der Waals surface area (Å²) in [4.78, 5) is 23.4. The summed E-state index contributed by atoms with van der Waals surface area (Å²) in [6.45, 7) is 5.06. The average Bonchev–Trinajstić information content (AvgIpc) is 2.26. The van der Waals surface area contributed by atoms with E-state index in [-0.39, 0.29) is 23.9 Å². The van der Waals surface area contributed by atoms with Crippen LogP contribution in [0.25, 0.3) is 0 Å². The number of carbonyl (C=O) groups is 2. The Hall–Kier alpha value is -1.88. The number of carbonyl (C=O) groups excluding carboxylic acids is 2. The van der Waals surface area contributed by atoms with Crippen molar-refractivity contribution in [2.75, 3.05) is 18.4 Å². The number of rotatable bonds is 4. The van der Waals surface area contributed by atoms with Gasteiger partial charge in [0.05, 0.1) is 17.6 Å². The predicted octanol–water partition coefficient (Wildman–Crippen LogP) is 1.41. The smallest absolute Gasteiger partial charge is 0.338 e. The highest BCUT2D eigenvalue weighted by atomic mass is 16.5. The third-order valence-electron chi connectivity index (χ3n) is 2.88. The summed E-state index contributed by atoms with van der Waals surface area (Å²) in [6.07, 6.45) is -0.141. The normalized spacial score (nSPS) is 14.9. The highest BCUT2D eigenvalue weighted by Crippen LogP contribution is 2.13. The van der Waals surface area contributed by atoms with Gasteiger partial charge in [-0.05, 0) is 38.1 Å². The lowest BCUT2D eigenvalue weighted by atomic mass is 10.0. The Morgan fingerprint density at radius 2 is 1.89 bits per heavy atom. The zero-order chi connectivity index (χ0) is 13.8. The lowest BCUT2D eigenvalue weighted by Gasteiger charge is -2.25. The van der Waals surface area contributed by atoms with Crippen molar-refractivity contribution in [3.63, 3.8) is 0 Å². The first-order valence-electron chi connectivity index (χ1n) is 6.39. The zero-order valence-electron chi connectivity index (χ0n) is 11.1.